The topological polar surface area (TPSA) is 136 Å². The van der Waals surface area contributed by atoms with Crippen LogP contribution in [0, 0.1) is 0 Å². The third-order valence-electron chi connectivity index (χ3n) is 4.36. The second-order valence-corrected chi connectivity index (χ2v) is 5.92. The first-order chi connectivity index (χ1) is 12.9. The molecule has 1 atom stereocenters. The highest BCUT2D eigenvalue weighted by molar-refractivity contribution is 5.95. The Bertz CT molecular complexity index is 1010. The average molecular weight is 370 g/mol. The highest BCUT2D eigenvalue weighted by atomic mass is 16.5. The fourth-order valence-corrected chi connectivity index (χ4v) is 3.14. The Morgan fingerprint density at radius 3 is 2.33 bits per heavy atom. The average Bonchev–Trinajstić information content (AvgIpc) is 2.65. The molecule has 27 heavy (non-hydrogen) atoms. The van der Waals surface area contributed by atoms with Gasteiger partial charge in [-0.05, 0) is 24.6 Å². The normalized spacial score (nSPS) is 15.6. The van der Waals surface area contributed by atoms with Crippen molar-refractivity contribution in [3.05, 3.63) is 62.7 Å². The van der Waals surface area contributed by atoms with Gasteiger partial charge in [-0.25, -0.2) is 14.4 Å². The van der Waals surface area contributed by atoms with Crippen molar-refractivity contribution in [2.45, 2.75) is 12.8 Å². The molecular weight excluding hydrogens is 352 g/mol. The molecule has 4 N–H and O–H groups in total. The van der Waals surface area contributed by atoms with Gasteiger partial charge in [0.2, 0.25) is 0 Å². The summed E-state index contributed by atoms with van der Waals surface area (Å²) in [6.45, 7) is 1.68. The second-order valence-electron chi connectivity index (χ2n) is 5.92. The number of nitrogens with one attached hydrogen (secondary N) is 2. The van der Waals surface area contributed by atoms with Gasteiger partial charge in [0.25, 0.3) is 0 Å². The number of ether oxygens (including phenoxy) is 2. The van der Waals surface area contributed by atoms with Crippen molar-refractivity contribution in [1.82, 2.24) is 9.97 Å². The van der Waals surface area contributed by atoms with Crippen LogP contribution < -0.4 is 16.7 Å². The van der Waals surface area contributed by atoms with Crippen LogP contribution in [0.4, 0.5) is 11.6 Å². The molecule has 1 aromatic carbocycles. The molecule has 0 radical (unpaired) electrons. The fourth-order valence-electron chi connectivity index (χ4n) is 3.14. The number of allylic oxidation sites excluding steroid dienone is 1. The molecule has 0 spiro atoms. The summed E-state index contributed by atoms with van der Waals surface area (Å²) in [5.74, 6) is -1.29. The maximum Gasteiger partial charge on any atom is 0.348 e. The van der Waals surface area contributed by atoms with E-state index in [0.717, 1.165) is 0 Å². The number of H-pyrrole nitrogens is 1. The van der Waals surface area contributed by atoms with Gasteiger partial charge in [0.1, 0.15) is 11.6 Å². The first-order valence-electron chi connectivity index (χ1n) is 8.01. The molecule has 9 heteroatoms. The molecule has 3 rings (SSSR count). The van der Waals surface area contributed by atoms with Gasteiger partial charge in [0.15, 0.2) is 0 Å². The van der Waals surface area contributed by atoms with E-state index in [2.05, 4.69) is 15.3 Å². The quantitative estimate of drug-likeness (QED) is 0.684. The zero-order valence-electron chi connectivity index (χ0n) is 15.0. The lowest BCUT2D eigenvalue weighted by molar-refractivity contribution is -0.136. The first-order valence-corrected chi connectivity index (χ1v) is 8.01. The third kappa shape index (κ3) is 3.14. The van der Waals surface area contributed by atoms with Crippen LogP contribution in [-0.2, 0) is 14.3 Å². The van der Waals surface area contributed by atoms with Crippen LogP contribution in [0.15, 0.2) is 40.3 Å². The van der Waals surface area contributed by atoms with Gasteiger partial charge in [-0.2, -0.15) is 4.98 Å². The maximum absolute atomic E-state index is 12.4. The first kappa shape index (κ1) is 18.2. The number of nitrogens with two attached hydrogens (primary N) is 1. The SMILES string of the molecule is COC(=O)C1=C(C)Nc2nc(=O)[nH]c(N)c2C1c1ccc(C(=O)OC)cc1. The minimum absolute atomic E-state index is 0.0912. The van der Waals surface area contributed by atoms with Crippen molar-refractivity contribution >= 4 is 23.6 Å². The van der Waals surface area contributed by atoms with Crippen molar-refractivity contribution in [2.75, 3.05) is 25.3 Å². The van der Waals surface area contributed by atoms with Crippen molar-refractivity contribution in [2.24, 2.45) is 0 Å². The van der Waals surface area contributed by atoms with E-state index in [4.69, 9.17) is 15.2 Å². The summed E-state index contributed by atoms with van der Waals surface area (Å²) in [6.07, 6.45) is 0. The molecule has 1 aliphatic heterocycles. The summed E-state index contributed by atoms with van der Waals surface area (Å²) >= 11 is 0. The fraction of sp³-hybridized carbons (Fsp3) is 0.222. The van der Waals surface area contributed by atoms with Gasteiger partial charge in [-0.3, -0.25) is 4.98 Å². The van der Waals surface area contributed by atoms with Gasteiger partial charge in [0, 0.05) is 11.3 Å². The van der Waals surface area contributed by atoms with Crippen LogP contribution >= 0.6 is 0 Å². The molecule has 0 aliphatic carbocycles. The minimum atomic E-state index is -0.634. The predicted molar refractivity (Wildman–Crippen MR) is 97.2 cm³/mol. The van der Waals surface area contributed by atoms with E-state index >= 15 is 0 Å². The number of aromatic nitrogens is 2. The Labute approximate surface area is 154 Å². The number of rotatable bonds is 3. The van der Waals surface area contributed by atoms with Gasteiger partial charge in [-0.15, -0.1) is 0 Å². The minimum Gasteiger partial charge on any atom is -0.466 e. The zero-order chi connectivity index (χ0) is 19.7. The molecule has 1 aliphatic rings. The summed E-state index contributed by atoms with van der Waals surface area (Å²) in [5, 5.41) is 2.94. The largest absolute Gasteiger partial charge is 0.466 e. The standard InChI is InChI=1S/C18H18N4O5/c1-8-11(17(24)27-3)12(9-4-6-10(7-5-9)16(23)26-2)13-14(19)21-18(25)22-15(13)20-8/h4-7,12H,1-3H3,(H4,19,20,21,22,25). The molecule has 140 valence electrons. The number of fused-ring (bicyclic) bond motifs is 1. The van der Waals surface area contributed by atoms with Crippen LogP contribution in [0.5, 0.6) is 0 Å². The van der Waals surface area contributed by atoms with Gasteiger partial charge in [-0.1, -0.05) is 12.1 Å². The number of nitrogens with zero attached hydrogens (tertiary/aromatic N) is 1. The molecule has 1 aromatic heterocycles. The number of aromatic amines is 1. The number of esters is 2. The van der Waals surface area contributed by atoms with Crippen LogP contribution in [0.2, 0.25) is 0 Å². The maximum atomic E-state index is 12.4. The lowest BCUT2D eigenvalue weighted by Gasteiger charge is -2.29. The predicted octanol–water partition coefficient (Wildman–Crippen LogP) is 1.14. The van der Waals surface area contributed by atoms with Crippen LogP contribution in [0.1, 0.15) is 34.3 Å². The summed E-state index contributed by atoms with van der Waals surface area (Å²) in [5.41, 5.74) is 7.74. The smallest absolute Gasteiger partial charge is 0.348 e. The number of hydrogen-bond donors (Lipinski definition) is 3. The molecule has 2 heterocycles. The Kier molecular flexibility index (Phi) is 4.68. The number of nitrogen functional groups attached to an aromatic ring is 1. The molecule has 1 unspecified atom stereocenters. The van der Waals surface area contributed by atoms with E-state index in [0.29, 0.717) is 28.0 Å². The second kappa shape index (κ2) is 6.94. The molecule has 0 fully saturated rings. The lowest BCUT2D eigenvalue weighted by atomic mass is 9.81. The van der Waals surface area contributed by atoms with E-state index in [-0.39, 0.29) is 11.6 Å². The number of carbonyl (C=O) groups excluding carboxylic acids is 2. The third-order valence-corrected chi connectivity index (χ3v) is 4.36. The summed E-state index contributed by atoms with van der Waals surface area (Å²) in [7, 11) is 2.58. The van der Waals surface area contributed by atoms with E-state index < -0.39 is 23.5 Å². The van der Waals surface area contributed by atoms with Crippen molar-refractivity contribution in [3.63, 3.8) is 0 Å². The molecule has 2 aromatic rings. The Morgan fingerprint density at radius 2 is 1.74 bits per heavy atom. The van der Waals surface area contributed by atoms with E-state index in [1.807, 2.05) is 0 Å². The van der Waals surface area contributed by atoms with Crippen LogP contribution in [0.25, 0.3) is 0 Å². The Balaban J connectivity index is 2.22. The molecule has 0 saturated heterocycles. The number of carbonyl (C=O) groups is 2. The number of methoxy groups -OCH3 is 2. The van der Waals surface area contributed by atoms with Crippen molar-refractivity contribution in [3.8, 4) is 0 Å². The van der Waals surface area contributed by atoms with Gasteiger partial charge < -0.3 is 20.5 Å². The highest BCUT2D eigenvalue weighted by Gasteiger charge is 2.35. The van der Waals surface area contributed by atoms with Gasteiger partial charge in [0.05, 0.1) is 31.3 Å². The van der Waals surface area contributed by atoms with Gasteiger partial charge >= 0.3 is 17.6 Å². The number of hydrogen-bond acceptors (Lipinski definition) is 8. The van der Waals surface area contributed by atoms with Crippen molar-refractivity contribution in [1.29, 1.82) is 0 Å². The van der Waals surface area contributed by atoms with E-state index in [9.17, 15) is 14.4 Å². The lowest BCUT2D eigenvalue weighted by Crippen LogP contribution is -2.28. The van der Waals surface area contributed by atoms with Crippen LogP contribution in [-0.4, -0.2) is 36.1 Å². The molecule has 0 bridgehead atoms. The Morgan fingerprint density at radius 1 is 1.11 bits per heavy atom. The number of benzene rings is 1. The highest BCUT2D eigenvalue weighted by Crippen LogP contribution is 2.42. The Hall–Kier alpha value is -3.62. The summed E-state index contributed by atoms with van der Waals surface area (Å²) < 4.78 is 9.63. The summed E-state index contributed by atoms with van der Waals surface area (Å²) in [6, 6.07) is 6.55. The van der Waals surface area contributed by atoms with Crippen LogP contribution in [0.3, 0.4) is 0 Å². The molecule has 0 saturated carbocycles. The zero-order valence-corrected chi connectivity index (χ0v) is 15.0. The van der Waals surface area contributed by atoms with Crippen molar-refractivity contribution < 1.29 is 19.1 Å². The summed E-state index contributed by atoms with van der Waals surface area (Å²) in [4.78, 5) is 42.2. The molecule has 9 nitrogen and oxygen atoms in total. The molecule has 0 amide bonds. The van der Waals surface area contributed by atoms with E-state index in [1.54, 1.807) is 31.2 Å². The number of anilines is 2. The van der Waals surface area contributed by atoms with E-state index in [1.165, 1.54) is 14.2 Å². The monoisotopic (exact) mass is 370 g/mol. The molecular formula is C18H18N4O5.